The molecular weight excluding hydrogens is 259 g/mol. The molecule has 1 aromatic rings. The molecule has 0 unspecified atom stereocenters. The van der Waals surface area contributed by atoms with E-state index in [2.05, 4.69) is 23.1 Å². The van der Waals surface area contributed by atoms with Gasteiger partial charge in [0.05, 0.1) is 5.02 Å². The van der Waals surface area contributed by atoms with Gasteiger partial charge in [-0.2, -0.15) is 4.98 Å². The maximum Gasteiger partial charge on any atom is 0.234 e. The molecule has 0 amide bonds. The standard InChI is InChI=1S/C12H14Cl2N2O/c1-3-5-7-17-12-10(14)8-9(13)11(16-12)15-6-4-2/h1,8H,4-7H2,2H3,(H,15,16). The van der Waals surface area contributed by atoms with Gasteiger partial charge in [0.15, 0.2) is 0 Å². The topological polar surface area (TPSA) is 34.1 Å². The summed E-state index contributed by atoms with van der Waals surface area (Å²) in [4.78, 5) is 4.22. The van der Waals surface area contributed by atoms with Crippen LogP contribution in [0.2, 0.25) is 10.0 Å². The summed E-state index contributed by atoms with van der Waals surface area (Å²) in [6.45, 7) is 3.23. The van der Waals surface area contributed by atoms with Crippen LogP contribution in [0.15, 0.2) is 6.07 Å². The van der Waals surface area contributed by atoms with Crippen LogP contribution >= 0.6 is 23.2 Å². The van der Waals surface area contributed by atoms with Crippen molar-refractivity contribution in [2.45, 2.75) is 19.8 Å². The van der Waals surface area contributed by atoms with E-state index in [9.17, 15) is 0 Å². The predicted molar refractivity (Wildman–Crippen MR) is 72.0 cm³/mol. The highest BCUT2D eigenvalue weighted by Gasteiger charge is 2.09. The first-order chi connectivity index (χ1) is 8.19. The number of nitrogens with one attached hydrogen (secondary N) is 1. The van der Waals surface area contributed by atoms with E-state index in [1.54, 1.807) is 6.07 Å². The van der Waals surface area contributed by atoms with Crippen molar-refractivity contribution in [3.05, 3.63) is 16.1 Å². The van der Waals surface area contributed by atoms with E-state index in [4.69, 9.17) is 34.4 Å². The average Bonchev–Trinajstić information content (AvgIpc) is 2.31. The largest absolute Gasteiger partial charge is 0.476 e. The van der Waals surface area contributed by atoms with Crippen LogP contribution in [0.5, 0.6) is 5.88 Å². The molecule has 0 saturated heterocycles. The highest BCUT2D eigenvalue weighted by Crippen LogP contribution is 2.30. The lowest BCUT2D eigenvalue weighted by Crippen LogP contribution is -2.05. The zero-order valence-corrected chi connectivity index (χ0v) is 11.1. The van der Waals surface area contributed by atoms with Crippen LogP contribution in [-0.2, 0) is 0 Å². The molecule has 0 aliphatic heterocycles. The number of aromatic nitrogens is 1. The maximum atomic E-state index is 6.00. The number of halogens is 2. The molecule has 0 saturated carbocycles. The quantitative estimate of drug-likeness (QED) is 0.635. The van der Waals surface area contributed by atoms with Crippen LogP contribution in [0.3, 0.4) is 0 Å². The van der Waals surface area contributed by atoms with Gasteiger partial charge in [-0.1, -0.05) is 30.1 Å². The van der Waals surface area contributed by atoms with Crippen LogP contribution in [0.4, 0.5) is 5.82 Å². The lowest BCUT2D eigenvalue weighted by Gasteiger charge is -2.10. The van der Waals surface area contributed by atoms with E-state index >= 15 is 0 Å². The van der Waals surface area contributed by atoms with Gasteiger partial charge >= 0.3 is 0 Å². The number of pyridine rings is 1. The van der Waals surface area contributed by atoms with Gasteiger partial charge in [-0.3, -0.25) is 0 Å². The van der Waals surface area contributed by atoms with Gasteiger partial charge < -0.3 is 10.1 Å². The lowest BCUT2D eigenvalue weighted by molar-refractivity contribution is 0.315. The van der Waals surface area contributed by atoms with Crippen LogP contribution in [0.25, 0.3) is 0 Å². The fourth-order valence-corrected chi connectivity index (χ4v) is 1.60. The average molecular weight is 273 g/mol. The number of nitrogens with zero attached hydrogens (tertiary/aromatic N) is 1. The van der Waals surface area contributed by atoms with Crippen molar-refractivity contribution in [3.63, 3.8) is 0 Å². The molecule has 92 valence electrons. The molecule has 0 aromatic carbocycles. The van der Waals surface area contributed by atoms with Gasteiger partial charge in [0.25, 0.3) is 0 Å². The zero-order valence-electron chi connectivity index (χ0n) is 9.59. The number of anilines is 1. The summed E-state index contributed by atoms with van der Waals surface area (Å²) in [7, 11) is 0. The summed E-state index contributed by atoms with van der Waals surface area (Å²) in [6.07, 6.45) is 6.63. The van der Waals surface area contributed by atoms with Gasteiger partial charge in [0.2, 0.25) is 5.88 Å². The number of hydrogen-bond donors (Lipinski definition) is 1. The summed E-state index contributed by atoms with van der Waals surface area (Å²) in [6, 6.07) is 1.61. The molecule has 0 bridgehead atoms. The minimum Gasteiger partial charge on any atom is -0.476 e. The molecule has 1 rings (SSSR count). The number of terminal acetylenes is 1. The van der Waals surface area contributed by atoms with Crippen molar-refractivity contribution in [2.75, 3.05) is 18.5 Å². The fraction of sp³-hybridized carbons (Fsp3) is 0.417. The summed E-state index contributed by atoms with van der Waals surface area (Å²) < 4.78 is 5.37. The van der Waals surface area contributed by atoms with E-state index in [-0.39, 0.29) is 0 Å². The molecule has 0 atom stereocenters. The Balaban J connectivity index is 2.78. The Bertz CT molecular complexity index is 416. The maximum absolute atomic E-state index is 6.00. The lowest BCUT2D eigenvalue weighted by atomic mass is 10.4. The van der Waals surface area contributed by atoms with Crippen LogP contribution in [-0.4, -0.2) is 18.1 Å². The molecule has 1 aromatic heterocycles. The third-order valence-corrected chi connectivity index (χ3v) is 2.48. The molecule has 0 radical (unpaired) electrons. The summed E-state index contributed by atoms with van der Waals surface area (Å²) in [5, 5.41) is 3.96. The Kier molecular flexibility index (Phi) is 5.96. The molecule has 17 heavy (non-hydrogen) atoms. The summed E-state index contributed by atoms with van der Waals surface area (Å²) in [5.74, 6) is 3.41. The summed E-state index contributed by atoms with van der Waals surface area (Å²) in [5.41, 5.74) is 0. The Hall–Kier alpha value is -1.11. The summed E-state index contributed by atoms with van der Waals surface area (Å²) >= 11 is 12.0. The van der Waals surface area contributed by atoms with E-state index in [1.807, 2.05) is 0 Å². The van der Waals surface area contributed by atoms with Crippen LogP contribution in [0, 0.1) is 12.3 Å². The number of rotatable bonds is 6. The highest BCUT2D eigenvalue weighted by atomic mass is 35.5. The second-order valence-corrected chi connectivity index (χ2v) is 4.15. The van der Waals surface area contributed by atoms with Crippen molar-refractivity contribution in [3.8, 4) is 18.2 Å². The first-order valence-corrected chi connectivity index (χ1v) is 6.10. The van der Waals surface area contributed by atoms with Crippen LogP contribution < -0.4 is 10.1 Å². The minimum atomic E-state index is 0.352. The third kappa shape index (κ3) is 4.33. The third-order valence-electron chi connectivity index (χ3n) is 1.92. The molecule has 0 spiro atoms. The van der Waals surface area contributed by atoms with Crippen LogP contribution in [0.1, 0.15) is 19.8 Å². The van der Waals surface area contributed by atoms with Crippen molar-refractivity contribution < 1.29 is 4.74 Å². The van der Waals surface area contributed by atoms with Gasteiger partial charge in [-0.05, 0) is 12.5 Å². The molecule has 3 nitrogen and oxygen atoms in total. The van der Waals surface area contributed by atoms with Crippen molar-refractivity contribution >= 4 is 29.0 Å². The van der Waals surface area contributed by atoms with Gasteiger partial charge in [0, 0.05) is 13.0 Å². The van der Waals surface area contributed by atoms with E-state index in [1.165, 1.54) is 0 Å². The normalized spacial score (nSPS) is 9.76. The van der Waals surface area contributed by atoms with Crippen molar-refractivity contribution in [1.29, 1.82) is 0 Å². The monoisotopic (exact) mass is 272 g/mol. The second kappa shape index (κ2) is 7.26. The molecule has 1 heterocycles. The van der Waals surface area contributed by atoms with E-state index in [0.29, 0.717) is 34.8 Å². The molecular formula is C12H14Cl2N2O. The Morgan fingerprint density at radius 2 is 2.24 bits per heavy atom. The first kappa shape index (κ1) is 14.0. The molecule has 0 aliphatic rings. The first-order valence-electron chi connectivity index (χ1n) is 5.35. The molecule has 1 N–H and O–H groups in total. The van der Waals surface area contributed by atoms with Gasteiger partial charge in [-0.15, -0.1) is 12.3 Å². The van der Waals surface area contributed by atoms with Crippen molar-refractivity contribution in [2.24, 2.45) is 0 Å². The van der Waals surface area contributed by atoms with Crippen molar-refractivity contribution in [1.82, 2.24) is 4.98 Å². The number of ether oxygens (including phenoxy) is 1. The van der Waals surface area contributed by atoms with E-state index < -0.39 is 0 Å². The molecule has 0 fully saturated rings. The van der Waals surface area contributed by atoms with E-state index in [0.717, 1.165) is 13.0 Å². The van der Waals surface area contributed by atoms with Gasteiger partial charge in [-0.25, -0.2) is 0 Å². The predicted octanol–water partition coefficient (Wildman–Crippen LogP) is 3.61. The smallest absolute Gasteiger partial charge is 0.234 e. The zero-order chi connectivity index (χ0) is 12.7. The highest BCUT2D eigenvalue weighted by molar-refractivity contribution is 6.36. The minimum absolute atomic E-state index is 0.352. The Morgan fingerprint density at radius 3 is 2.88 bits per heavy atom. The Morgan fingerprint density at radius 1 is 1.47 bits per heavy atom. The number of hydrogen-bond acceptors (Lipinski definition) is 3. The Labute approximate surface area is 111 Å². The fourth-order valence-electron chi connectivity index (χ4n) is 1.12. The SMILES string of the molecule is C#CCCOc1nc(NCCC)c(Cl)cc1Cl. The second-order valence-electron chi connectivity index (χ2n) is 3.34. The van der Waals surface area contributed by atoms with Gasteiger partial charge in [0.1, 0.15) is 17.4 Å². The molecule has 0 aliphatic carbocycles. The molecule has 5 heteroatoms.